The predicted molar refractivity (Wildman–Crippen MR) is 66.2 cm³/mol. The van der Waals surface area contributed by atoms with Crippen LogP contribution in [0.2, 0.25) is 0 Å². The first-order valence-electron chi connectivity index (χ1n) is 5.88. The molecule has 1 N–H and O–H groups in total. The summed E-state index contributed by atoms with van der Waals surface area (Å²) in [6, 6.07) is 5.49. The molecule has 1 aromatic carbocycles. The molecule has 3 aliphatic rings. The molecule has 1 aliphatic carbocycles. The van der Waals surface area contributed by atoms with Gasteiger partial charge in [-0.3, -0.25) is 4.79 Å². The fraction of sp³-hybridized carbons (Fsp3) is 0.462. The SMILES string of the molecule is O=C1C2CC(C2)NC1Cc1cccc(Br)c1F. The summed E-state index contributed by atoms with van der Waals surface area (Å²) in [6.45, 7) is 0. The molecule has 0 spiro atoms. The van der Waals surface area contributed by atoms with Crippen molar-refractivity contribution in [1.82, 2.24) is 5.32 Å². The molecule has 2 bridgehead atoms. The van der Waals surface area contributed by atoms with Crippen LogP contribution in [0.1, 0.15) is 18.4 Å². The first-order chi connectivity index (χ1) is 8.15. The number of piperidine rings is 2. The van der Waals surface area contributed by atoms with Crippen molar-refractivity contribution in [3.8, 4) is 0 Å². The second kappa shape index (κ2) is 4.18. The lowest BCUT2D eigenvalue weighted by atomic mass is 9.70. The Hall–Kier alpha value is -0.740. The van der Waals surface area contributed by atoms with Crippen LogP contribution in [0.3, 0.4) is 0 Å². The van der Waals surface area contributed by atoms with Crippen molar-refractivity contribution in [2.24, 2.45) is 5.92 Å². The average molecular weight is 298 g/mol. The van der Waals surface area contributed by atoms with Crippen LogP contribution < -0.4 is 5.32 Å². The normalized spacial score (nSPS) is 31.2. The predicted octanol–water partition coefficient (Wildman–Crippen LogP) is 2.45. The lowest BCUT2D eigenvalue weighted by Crippen LogP contribution is -2.61. The van der Waals surface area contributed by atoms with Gasteiger partial charge in [0, 0.05) is 12.0 Å². The van der Waals surface area contributed by atoms with Gasteiger partial charge in [-0.1, -0.05) is 12.1 Å². The molecule has 1 atom stereocenters. The molecule has 2 nitrogen and oxygen atoms in total. The second-order valence-corrected chi connectivity index (χ2v) is 5.76. The number of benzene rings is 1. The van der Waals surface area contributed by atoms with Gasteiger partial charge in [-0.2, -0.15) is 0 Å². The fourth-order valence-corrected chi connectivity index (χ4v) is 3.13. The number of fused-ring (bicyclic) bond motifs is 2. The molecule has 2 heterocycles. The number of ketones is 1. The van der Waals surface area contributed by atoms with Gasteiger partial charge in [0.15, 0.2) is 5.78 Å². The molecule has 0 radical (unpaired) electrons. The highest BCUT2D eigenvalue weighted by Crippen LogP contribution is 2.35. The standard InChI is InChI=1S/C13H13BrFNO/c14-10-3-1-2-7(12(10)15)6-11-13(17)8-4-9(5-8)16-11/h1-3,8-9,11,16H,4-6H2. The third-order valence-electron chi connectivity index (χ3n) is 3.78. The van der Waals surface area contributed by atoms with Crippen molar-refractivity contribution in [1.29, 1.82) is 0 Å². The van der Waals surface area contributed by atoms with Gasteiger partial charge in [0.05, 0.1) is 10.5 Å². The van der Waals surface area contributed by atoms with Gasteiger partial charge in [-0.05, 0) is 46.8 Å². The number of halogens is 2. The molecule has 2 aliphatic heterocycles. The van der Waals surface area contributed by atoms with Crippen molar-refractivity contribution < 1.29 is 9.18 Å². The zero-order valence-corrected chi connectivity index (χ0v) is 10.8. The molecule has 1 saturated carbocycles. The van der Waals surface area contributed by atoms with Crippen molar-refractivity contribution in [3.63, 3.8) is 0 Å². The van der Waals surface area contributed by atoms with E-state index in [9.17, 15) is 9.18 Å². The van der Waals surface area contributed by atoms with E-state index in [2.05, 4.69) is 21.2 Å². The van der Waals surface area contributed by atoms with Gasteiger partial charge >= 0.3 is 0 Å². The van der Waals surface area contributed by atoms with E-state index in [1.54, 1.807) is 18.2 Å². The minimum atomic E-state index is -0.249. The van der Waals surface area contributed by atoms with Gasteiger partial charge in [0.1, 0.15) is 5.82 Å². The Kier molecular flexibility index (Phi) is 2.79. The number of hydrogen-bond donors (Lipinski definition) is 1. The number of carbonyl (C=O) groups excluding carboxylic acids is 1. The summed E-state index contributed by atoms with van der Waals surface area (Å²) < 4.78 is 14.3. The van der Waals surface area contributed by atoms with Crippen molar-refractivity contribution in [2.45, 2.75) is 31.3 Å². The minimum Gasteiger partial charge on any atom is -0.304 e. The highest BCUT2D eigenvalue weighted by molar-refractivity contribution is 9.10. The van der Waals surface area contributed by atoms with Crippen LogP contribution in [0, 0.1) is 11.7 Å². The van der Waals surface area contributed by atoms with E-state index in [1.165, 1.54) is 0 Å². The number of Topliss-reactive ketones (excluding diaryl/α,β-unsaturated/α-hetero) is 1. The largest absolute Gasteiger partial charge is 0.304 e. The van der Waals surface area contributed by atoms with Gasteiger partial charge in [-0.25, -0.2) is 4.39 Å². The lowest BCUT2D eigenvalue weighted by molar-refractivity contribution is -0.133. The van der Waals surface area contributed by atoms with Crippen LogP contribution >= 0.6 is 15.9 Å². The lowest BCUT2D eigenvalue weighted by Gasteiger charge is -2.45. The fourth-order valence-electron chi connectivity index (χ4n) is 2.72. The van der Waals surface area contributed by atoms with E-state index in [1.807, 2.05) is 0 Å². The summed E-state index contributed by atoms with van der Waals surface area (Å²) in [6.07, 6.45) is 2.39. The summed E-state index contributed by atoms with van der Waals surface area (Å²) in [5.41, 5.74) is 0.603. The van der Waals surface area contributed by atoms with E-state index in [0.717, 1.165) is 12.8 Å². The number of nitrogens with one attached hydrogen (secondary N) is 1. The molecular formula is C13H13BrFNO. The van der Waals surface area contributed by atoms with Gasteiger partial charge in [0.25, 0.3) is 0 Å². The van der Waals surface area contributed by atoms with Crippen LogP contribution in [-0.2, 0) is 11.2 Å². The zero-order chi connectivity index (χ0) is 12.0. The summed E-state index contributed by atoms with van der Waals surface area (Å²) >= 11 is 3.17. The number of hydrogen-bond acceptors (Lipinski definition) is 2. The maximum Gasteiger partial charge on any atom is 0.153 e. The van der Waals surface area contributed by atoms with E-state index < -0.39 is 0 Å². The maximum atomic E-state index is 13.8. The second-order valence-electron chi connectivity index (χ2n) is 4.90. The highest BCUT2D eigenvalue weighted by atomic mass is 79.9. The van der Waals surface area contributed by atoms with Crippen molar-refractivity contribution >= 4 is 21.7 Å². The number of rotatable bonds is 2. The molecule has 2 saturated heterocycles. The summed E-state index contributed by atoms with van der Waals surface area (Å²) in [4.78, 5) is 12.0. The summed E-state index contributed by atoms with van der Waals surface area (Å²) in [7, 11) is 0. The molecule has 0 aromatic heterocycles. The topological polar surface area (TPSA) is 29.1 Å². The Morgan fingerprint density at radius 1 is 1.41 bits per heavy atom. The van der Waals surface area contributed by atoms with Crippen molar-refractivity contribution in [2.75, 3.05) is 0 Å². The van der Waals surface area contributed by atoms with Gasteiger partial charge < -0.3 is 5.32 Å². The van der Waals surface area contributed by atoms with E-state index in [-0.39, 0.29) is 23.6 Å². The van der Waals surface area contributed by atoms with Crippen LogP contribution in [0.4, 0.5) is 4.39 Å². The molecule has 4 rings (SSSR count). The third kappa shape index (κ3) is 1.93. The summed E-state index contributed by atoms with van der Waals surface area (Å²) in [5, 5.41) is 3.30. The molecule has 3 fully saturated rings. The Balaban J connectivity index is 1.79. The molecule has 1 aromatic rings. The first kappa shape index (κ1) is 11.4. The van der Waals surface area contributed by atoms with E-state index in [0.29, 0.717) is 22.5 Å². The quantitative estimate of drug-likeness (QED) is 0.908. The molecule has 90 valence electrons. The van der Waals surface area contributed by atoms with Crippen LogP contribution in [0.5, 0.6) is 0 Å². The highest BCUT2D eigenvalue weighted by Gasteiger charge is 2.44. The Morgan fingerprint density at radius 2 is 2.18 bits per heavy atom. The Morgan fingerprint density at radius 3 is 2.88 bits per heavy atom. The molecule has 17 heavy (non-hydrogen) atoms. The van der Waals surface area contributed by atoms with Gasteiger partial charge in [0.2, 0.25) is 0 Å². The van der Waals surface area contributed by atoms with Crippen LogP contribution in [-0.4, -0.2) is 17.9 Å². The van der Waals surface area contributed by atoms with Crippen LogP contribution in [0.25, 0.3) is 0 Å². The Bertz CT molecular complexity index is 470. The zero-order valence-electron chi connectivity index (χ0n) is 9.25. The summed E-state index contributed by atoms with van der Waals surface area (Å²) in [5.74, 6) is 0.231. The molecular weight excluding hydrogens is 285 g/mol. The first-order valence-corrected chi connectivity index (χ1v) is 6.67. The van der Waals surface area contributed by atoms with E-state index >= 15 is 0 Å². The molecule has 4 heteroatoms. The molecule has 1 unspecified atom stereocenters. The van der Waals surface area contributed by atoms with Crippen LogP contribution in [0.15, 0.2) is 22.7 Å². The smallest absolute Gasteiger partial charge is 0.153 e. The monoisotopic (exact) mass is 297 g/mol. The Labute approximate surface area is 108 Å². The van der Waals surface area contributed by atoms with Gasteiger partial charge in [-0.15, -0.1) is 0 Å². The average Bonchev–Trinajstić information content (AvgIpc) is 2.25. The maximum absolute atomic E-state index is 13.8. The number of carbonyl (C=O) groups is 1. The van der Waals surface area contributed by atoms with E-state index in [4.69, 9.17) is 0 Å². The third-order valence-corrected chi connectivity index (χ3v) is 4.39. The minimum absolute atomic E-state index is 0.198. The van der Waals surface area contributed by atoms with Crippen molar-refractivity contribution in [3.05, 3.63) is 34.1 Å². The molecule has 0 amide bonds.